The van der Waals surface area contributed by atoms with Gasteiger partial charge in [0.2, 0.25) is 0 Å². The van der Waals surface area contributed by atoms with Crippen LogP contribution in [0.4, 0.5) is 0 Å². The second-order valence-electron chi connectivity index (χ2n) is 6.78. The third-order valence-corrected chi connectivity index (χ3v) is 4.38. The number of unbranched alkanes of at least 4 members (excludes halogenated alkanes) is 11. The van der Waals surface area contributed by atoms with E-state index in [1.807, 2.05) is 0 Å². The Morgan fingerprint density at radius 2 is 1.38 bits per heavy atom. The molecule has 0 N–H and O–H groups in total. The lowest BCUT2D eigenvalue weighted by molar-refractivity contribution is 0.493. The van der Waals surface area contributed by atoms with Gasteiger partial charge >= 0.3 is 0 Å². The van der Waals surface area contributed by atoms with Crippen molar-refractivity contribution >= 4 is 0 Å². The minimum atomic E-state index is 0.881. The minimum Gasteiger partial charge on any atom is -0.0885 e. The van der Waals surface area contributed by atoms with Gasteiger partial charge in [-0.3, -0.25) is 0 Å². The molecule has 0 fully saturated rings. The Hall–Kier alpha value is -0.260. The molecule has 0 aliphatic heterocycles. The van der Waals surface area contributed by atoms with E-state index in [0.29, 0.717) is 0 Å². The zero-order valence-corrected chi connectivity index (χ0v) is 15.0. The predicted octanol–water partition coefficient (Wildman–Crippen LogP) is 7.88. The highest BCUT2D eigenvalue weighted by Crippen LogP contribution is 2.15. The van der Waals surface area contributed by atoms with E-state index in [2.05, 4.69) is 32.9 Å². The Morgan fingerprint density at radius 3 is 2.05 bits per heavy atom. The van der Waals surface area contributed by atoms with Gasteiger partial charge in [0.15, 0.2) is 0 Å². The highest BCUT2D eigenvalue weighted by Gasteiger charge is 1.98. The molecule has 0 saturated carbocycles. The highest BCUT2D eigenvalue weighted by molar-refractivity contribution is 4.83. The molecule has 0 spiro atoms. The van der Waals surface area contributed by atoms with E-state index < -0.39 is 0 Å². The quantitative estimate of drug-likeness (QED) is 0.200. The molecule has 0 aromatic rings. The number of hydrogen-bond donors (Lipinski definition) is 0. The molecule has 0 amide bonds. The maximum Gasteiger partial charge on any atom is -0.0325 e. The molecular weight excluding hydrogens is 252 g/mol. The van der Waals surface area contributed by atoms with Crippen molar-refractivity contribution in [2.45, 2.75) is 110 Å². The van der Waals surface area contributed by atoms with Crippen LogP contribution in [-0.4, -0.2) is 0 Å². The average Bonchev–Trinajstić information content (AvgIpc) is 2.49. The molecule has 0 heteroatoms. The molecule has 0 aromatic carbocycles. The monoisotopic (exact) mass is 293 g/mol. The van der Waals surface area contributed by atoms with Gasteiger partial charge in [0.25, 0.3) is 0 Å². The van der Waals surface area contributed by atoms with Gasteiger partial charge in [-0.2, -0.15) is 0 Å². The highest BCUT2D eigenvalue weighted by atomic mass is 14.0. The zero-order valence-electron chi connectivity index (χ0n) is 15.0. The van der Waals surface area contributed by atoms with Crippen LogP contribution >= 0.6 is 0 Å². The largest absolute Gasteiger partial charge is 0.0885 e. The van der Waals surface area contributed by atoms with Gasteiger partial charge in [0.05, 0.1) is 0 Å². The fourth-order valence-electron chi connectivity index (χ4n) is 2.81. The second kappa shape index (κ2) is 17.8. The molecule has 1 radical (unpaired) electrons. The summed E-state index contributed by atoms with van der Waals surface area (Å²) < 4.78 is 0. The number of rotatable bonds is 16. The second-order valence-corrected chi connectivity index (χ2v) is 6.78. The fourth-order valence-corrected chi connectivity index (χ4v) is 2.81. The first-order valence-electron chi connectivity index (χ1n) is 9.75. The first-order chi connectivity index (χ1) is 10.3. The molecule has 0 rings (SSSR count). The van der Waals surface area contributed by atoms with Crippen LogP contribution in [0.1, 0.15) is 110 Å². The van der Waals surface area contributed by atoms with Crippen LogP contribution in [0.15, 0.2) is 12.2 Å². The molecule has 0 aliphatic carbocycles. The van der Waals surface area contributed by atoms with Crippen molar-refractivity contribution in [2.75, 3.05) is 0 Å². The Kier molecular flexibility index (Phi) is 17.6. The third-order valence-electron chi connectivity index (χ3n) is 4.38. The molecule has 0 heterocycles. The van der Waals surface area contributed by atoms with Crippen LogP contribution in [0.5, 0.6) is 0 Å². The van der Waals surface area contributed by atoms with E-state index in [1.54, 1.807) is 0 Å². The first-order valence-corrected chi connectivity index (χ1v) is 9.75. The molecule has 0 aromatic heterocycles. The van der Waals surface area contributed by atoms with Crippen molar-refractivity contribution in [3.05, 3.63) is 19.1 Å². The molecule has 1 atom stereocenters. The lowest BCUT2D eigenvalue weighted by Crippen LogP contribution is -1.92. The van der Waals surface area contributed by atoms with Gasteiger partial charge < -0.3 is 0 Å². The Morgan fingerprint density at radius 1 is 0.762 bits per heavy atom. The van der Waals surface area contributed by atoms with E-state index >= 15 is 0 Å². The van der Waals surface area contributed by atoms with E-state index in [9.17, 15) is 0 Å². The van der Waals surface area contributed by atoms with Gasteiger partial charge in [0.1, 0.15) is 0 Å². The van der Waals surface area contributed by atoms with Crippen LogP contribution in [0.2, 0.25) is 0 Å². The van der Waals surface area contributed by atoms with Crippen molar-refractivity contribution in [3.63, 3.8) is 0 Å². The molecule has 0 aliphatic rings. The zero-order chi connectivity index (χ0) is 15.6. The molecule has 125 valence electrons. The van der Waals surface area contributed by atoms with E-state index in [4.69, 9.17) is 0 Å². The van der Waals surface area contributed by atoms with Crippen LogP contribution in [0.25, 0.3) is 0 Å². The maximum atomic E-state index is 3.89. The maximum absolute atomic E-state index is 3.89. The van der Waals surface area contributed by atoms with Crippen LogP contribution in [-0.2, 0) is 0 Å². The van der Waals surface area contributed by atoms with Crippen LogP contribution in [0, 0.1) is 12.8 Å². The number of allylic oxidation sites excluding steroid dienone is 2. The molecule has 1 unspecified atom stereocenters. The van der Waals surface area contributed by atoms with Gasteiger partial charge in [-0.15, -0.1) is 0 Å². The lowest BCUT2D eigenvalue weighted by atomic mass is 9.99. The predicted molar refractivity (Wildman–Crippen MR) is 98.6 cm³/mol. The smallest absolute Gasteiger partial charge is 0.0325 e. The topological polar surface area (TPSA) is 0 Å². The van der Waals surface area contributed by atoms with Gasteiger partial charge in [-0.1, -0.05) is 110 Å². The van der Waals surface area contributed by atoms with E-state index in [0.717, 1.165) is 12.3 Å². The SMILES string of the molecule is [CH2]CCCCCCCCC/C=C/CC(C)CCCCCC. The molecular formula is C21H41. The average molecular weight is 294 g/mol. The standard InChI is InChI=1S/C21H41/c1-4-6-8-10-11-12-13-14-15-16-18-20-21(3)19-17-9-7-5-2/h16,18,21H,1,4-15,17,19-20H2,2-3H3/b18-16+. The molecule has 0 nitrogen and oxygen atoms in total. The Balaban J connectivity index is 3.20. The van der Waals surface area contributed by atoms with Crippen molar-refractivity contribution in [3.8, 4) is 0 Å². The summed E-state index contributed by atoms with van der Waals surface area (Å²) in [5.74, 6) is 0.881. The summed E-state index contributed by atoms with van der Waals surface area (Å²) in [4.78, 5) is 0. The van der Waals surface area contributed by atoms with Gasteiger partial charge in [-0.25, -0.2) is 0 Å². The van der Waals surface area contributed by atoms with E-state index in [1.165, 1.54) is 89.9 Å². The van der Waals surface area contributed by atoms with Crippen molar-refractivity contribution in [1.29, 1.82) is 0 Å². The molecule has 0 bridgehead atoms. The Bertz CT molecular complexity index is 204. The summed E-state index contributed by atoms with van der Waals surface area (Å²) in [6, 6.07) is 0. The minimum absolute atomic E-state index is 0.881. The fraction of sp³-hybridized carbons (Fsp3) is 0.857. The van der Waals surface area contributed by atoms with Crippen molar-refractivity contribution in [1.82, 2.24) is 0 Å². The third kappa shape index (κ3) is 17.7. The van der Waals surface area contributed by atoms with Crippen LogP contribution in [0.3, 0.4) is 0 Å². The summed E-state index contributed by atoms with van der Waals surface area (Å²) in [6.07, 6.45) is 25.4. The summed E-state index contributed by atoms with van der Waals surface area (Å²) in [5.41, 5.74) is 0. The van der Waals surface area contributed by atoms with Crippen molar-refractivity contribution < 1.29 is 0 Å². The van der Waals surface area contributed by atoms with Crippen LogP contribution < -0.4 is 0 Å². The first kappa shape index (κ1) is 20.7. The number of hydrogen-bond acceptors (Lipinski definition) is 0. The van der Waals surface area contributed by atoms with Gasteiger partial charge in [-0.05, 0) is 25.2 Å². The van der Waals surface area contributed by atoms with Crippen molar-refractivity contribution in [2.24, 2.45) is 5.92 Å². The molecule has 21 heavy (non-hydrogen) atoms. The van der Waals surface area contributed by atoms with Gasteiger partial charge in [0, 0.05) is 0 Å². The summed E-state index contributed by atoms with van der Waals surface area (Å²) in [7, 11) is 0. The Labute approximate surface area is 135 Å². The normalized spacial score (nSPS) is 13.1. The summed E-state index contributed by atoms with van der Waals surface area (Å²) in [6.45, 7) is 8.58. The van der Waals surface area contributed by atoms with E-state index in [-0.39, 0.29) is 0 Å². The molecule has 0 saturated heterocycles. The lowest BCUT2D eigenvalue weighted by Gasteiger charge is -2.07. The summed E-state index contributed by atoms with van der Waals surface area (Å²) >= 11 is 0. The summed E-state index contributed by atoms with van der Waals surface area (Å²) in [5, 5.41) is 0.